The highest BCUT2D eigenvalue weighted by molar-refractivity contribution is 6.01. The third-order valence-corrected chi connectivity index (χ3v) is 0.526. The van der Waals surface area contributed by atoms with E-state index in [1.54, 1.807) is 0 Å². The molecule has 4 N–H and O–H groups in total. The Hall–Kier alpha value is -1.12. The third kappa shape index (κ3) is 1.70. The minimum Gasteiger partial charge on any atom is -0.404 e. The standard InChI is InChI=1S/C4H7N3/c5-1-4(2-6)3-7/h1-3,5-6H,7H2. The second-order valence-corrected chi connectivity index (χ2v) is 0.955. The summed E-state index contributed by atoms with van der Waals surface area (Å²) >= 11 is 0. The largest absolute Gasteiger partial charge is 0.404 e. The summed E-state index contributed by atoms with van der Waals surface area (Å²) in [5, 5.41) is 13.1. The van der Waals surface area contributed by atoms with E-state index in [0.29, 0.717) is 5.57 Å². The van der Waals surface area contributed by atoms with Crippen molar-refractivity contribution >= 4 is 12.4 Å². The molecule has 0 aromatic carbocycles. The molecule has 0 radical (unpaired) electrons. The average molecular weight is 97.1 g/mol. The van der Waals surface area contributed by atoms with Crippen molar-refractivity contribution in [3.8, 4) is 0 Å². The Morgan fingerprint density at radius 3 is 1.71 bits per heavy atom. The van der Waals surface area contributed by atoms with Crippen molar-refractivity contribution in [3.63, 3.8) is 0 Å². The smallest absolute Gasteiger partial charge is 0.0280 e. The molecule has 0 aromatic rings. The van der Waals surface area contributed by atoms with E-state index in [0.717, 1.165) is 12.4 Å². The van der Waals surface area contributed by atoms with Crippen LogP contribution in [0.3, 0.4) is 0 Å². The highest BCUT2D eigenvalue weighted by Crippen LogP contribution is 1.74. The summed E-state index contributed by atoms with van der Waals surface area (Å²) in [6, 6.07) is 0. The normalized spacial score (nSPS) is 6.86. The molecule has 7 heavy (non-hydrogen) atoms. The number of nitrogens with two attached hydrogens (primary N) is 1. The van der Waals surface area contributed by atoms with E-state index in [9.17, 15) is 0 Å². The molecule has 3 nitrogen and oxygen atoms in total. The van der Waals surface area contributed by atoms with Crippen LogP contribution < -0.4 is 5.73 Å². The first-order valence-electron chi connectivity index (χ1n) is 1.78. The summed E-state index contributed by atoms with van der Waals surface area (Å²) in [5.74, 6) is 0. The second kappa shape index (κ2) is 3.08. The van der Waals surface area contributed by atoms with Crippen LogP contribution in [0.2, 0.25) is 0 Å². The first kappa shape index (κ1) is 5.88. The number of allylic oxidation sites excluding steroid dienone is 1. The highest BCUT2D eigenvalue weighted by Gasteiger charge is 1.76. The Kier molecular flexibility index (Phi) is 2.59. The van der Waals surface area contributed by atoms with Crippen molar-refractivity contribution < 1.29 is 0 Å². The zero-order chi connectivity index (χ0) is 5.70. The van der Waals surface area contributed by atoms with E-state index in [1.807, 2.05) is 0 Å². The Balaban J connectivity index is 3.85. The van der Waals surface area contributed by atoms with Gasteiger partial charge in [-0.3, -0.25) is 0 Å². The Morgan fingerprint density at radius 1 is 1.29 bits per heavy atom. The van der Waals surface area contributed by atoms with Gasteiger partial charge in [0.05, 0.1) is 0 Å². The molecular weight excluding hydrogens is 90.1 g/mol. The number of hydrogen-bond donors (Lipinski definition) is 3. The zero-order valence-corrected chi connectivity index (χ0v) is 3.81. The molecule has 0 fully saturated rings. The molecular formula is C4H7N3. The molecule has 0 spiro atoms. The van der Waals surface area contributed by atoms with Gasteiger partial charge in [0.15, 0.2) is 0 Å². The molecule has 0 aliphatic heterocycles. The molecule has 0 aliphatic rings. The maximum Gasteiger partial charge on any atom is 0.0280 e. The summed E-state index contributed by atoms with van der Waals surface area (Å²) in [6.45, 7) is 0. The molecule has 0 aliphatic carbocycles. The van der Waals surface area contributed by atoms with Gasteiger partial charge in [0.25, 0.3) is 0 Å². The SMILES string of the molecule is N=CC(C=N)=CN. The molecule has 0 unspecified atom stereocenters. The molecule has 0 rings (SSSR count). The maximum absolute atomic E-state index is 6.54. The van der Waals surface area contributed by atoms with Crippen molar-refractivity contribution in [1.29, 1.82) is 10.8 Å². The minimum absolute atomic E-state index is 0.417. The van der Waals surface area contributed by atoms with E-state index in [4.69, 9.17) is 16.6 Å². The molecule has 0 bridgehead atoms. The predicted octanol–water partition coefficient (Wildman–Crippen LogP) is 0.128. The fourth-order valence-corrected chi connectivity index (χ4v) is 0.138. The van der Waals surface area contributed by atoms with Crippen molar-refractivity contribution in [2.24, 2.45) is 5.73 Å². The van der Waals surface area contributed by atoms with E-state index in [-0.39, 0.29) is 0 Å². The summed E-state index contributed by atoms with van der Waals surface area (Å²) in [4.78, 5) is 0. The van der Waals surface area contributed by atoms with Crippen LogP contribution in [0.25, 0.3) is 0 Å². The van der Waals surface area contributed by atoms with Crippen molar-refractivity contribution in [1.82, 2.24) is 0 Å². The zero-order valence-electron chi connectivity index (χ0n) is 3.81. The molecule has 0 aromatic heterocycles. The van der Waals surface area contributed by atoms with Gasteiger partial charge in [0, 0.05) is 24.2 Å². The topological polar surface area (TPSA) is 73.7 Å². The molecule has 3 heteroatoms. The molecule has 0 atom stereocenters. The van der Waals surface area contributed by atoms with Crippen LogP contribution in [-0.4, -0.2) is 12.4 Å². The quantitative estimate of drug-likeness (QED) is 0.421. The number of rotatable bonds is 2. The van der Waals surface area contributed by atoms with Crippen molar-refractivity contribution in [2.75, 3.05) is 0 Å². The van der Waals surface area contributed by atoms with E-state index < -0.39 is 0 Å². The summed E-state index contributed by atoms with van der Waals surface area (Å²) in [5.41, 5.74) is 5.35. The third-order valence-electron chi connectivity index (χ3n) is 0.526. The lowest BCUT2D eigenvalue weighted by Gasteiger charge is -1.79. The molecule has 0 amide bonds. The van der Waals surface area contributed by atoms with Gasteiger partial charge < -0.3 is 16.6 Å². The first-order chi connectivity index (χ1) is 3.35. The molecule has 0 heterocycles. The summed E-state index contributed by atoms with van der Waals surface area (Å²) in [6.07, 6.45) is 3.25. The minimum atomic E-state index is 0.417. The molecule has 38 valence electrons. The van der Waals surface area contributed by atoms with Crippen molar-refractivity contribution in [3.05, 3.63) is 11.8 Å². The monoisotopic (exact) mass is 97.1 g/mol. The fourth-order valence-electron chi connectivity index (χ4n) is 0.138. The molecule has 0 saturated heterocycles. The van der Waals surface area contributed by atoms with E-state index in [1.165, 1.54) is 6.20 Å². The van der Waals surface area contributed by atoms with Crippen LogP contribution in [0.15, 0.2) is 11.8 Å². The predicted molar refractivity (Wildman–Crippen MR) is 29.8 cm³/mol. The average Bonchev–Trinajstić information content (AvgIpc) is 1.72. The van der Waals surface area contributed by atoms with Gasteiger partial charge in [0.2, 0.25) is 0 Å². The Labute approximate surface area is 41.9 Å². The first-order valence-corrected chi connectivity index (χ1v) is 1.78. The van der Waals surface area contributed by atoms with E-state index in [2.05, 4.69) is 0 Å². The fraction of sp³-hybridized carbons (Fsp3) is 0. The van der Waals surface area contributed by atoms with Gasteiger partial charge in [-0.05, 0) is 0 Å². The van der Waals surface area contributed by atoms with Crippen LogP contribution in [0, 0.1) is 10.8 Å². The van der Waals surface area contributed by atoms with Crippen LogP contribution >= 0.6 is 0 Å². The summed E-state index contributed by atoms with van der Waals surface area (Å²) in [7, 11) is 0. The van der Waals surface area contributed by atoms with Gasteiger partial charge in [-0.1, -0.05) is 0 Å². The highest BCUT2D eigenvalue weighted by atomic mass is 14.5. The van der Waals surface area contributed by atoms with Gasteiger partial charge in [-0.2, -0.15) is 0 Å². The summed E-state index contributed by atoms with van der Waals surface area (Å²) < 4.78 is 0. The lowest BCUT2D eigenvalue weighted by molar-refractivity contribution is 1.50. The number of hydrogen-bond acceptors (Lipinski definition) is 3. The molecule has 0 saturated carbocycles. The van der Waals surface area contributed by atoms with Crippen LogP contribution in [0.4, 0.5) is 0 Å². The van der Waals surface area contributed by atoms with Crippen LogP contribution in [0.5, 0.6) is 0 Å². The lowest BCUT2D eigenvalue weighted by atomic mass is 10.3. The van der Waals surface area contributed by atoms with Gasteiger partial charge in [-0.15, -0.1) is 0 Å². The van der Waals surface area contributed by atoms with Crippen LogP contribution in [0.1, 0.15) is 0 Å². The van der Waals surface area contributed by atoms with E-state index >= 15 is 0 Å². The maximum atomic E-state index is 6.54. The van der Waals surface area contributed by atoms with Gasteiger partial charge in [-0.25, -0.2) is 0 Å². The van der Waals surface area contributed by atoms with Crippen molar-refractivity contribution in [2.45, 2.75) is 0 Å². The Bertz CT molecular complexity index is 93.5. The van der Waals surface area contributed by atoms with Gasteiger partial charge in [0.1, 0.15) is 0 Å². The van der Waals surface area contributed by atoms with Crippen LogP contribution in [-0.2, 0) is 0 Å². The number of nitrogens with one attached hydrogen (secondary N) is 2. The Morgan fingerprint density at radius 2 is 1.71 bits per heavy atom. The van der Waals surface area contributed by atoms with Gasteiger partial charge >= 0.3 is 0 Å². The second-order valence-electron chi connectivity index (χ2n) is 0.955. The lowest BCUT2D eigenvalue weighted by Crippen LogP contribution is -1.88.